The van der Waals surface area contributed by atoms with Gasteiger partial charge in [-0.2, -0.15) is 0 Å². The molecule has 0 heterocycles. The normalized spacial score (nSPS) is 12.8. The van der Waals surface area contributed by atoms with Gasteiger partial charge in [0.2, 0.25) is 0 Å². The second-order valence-corrected chi connectivity index (χ2v) is 7.80. The number of ether oxygens (including phenoxy) is 1. The van der Waals surface area contributed by atoms with Crippen LogP contribution in [0.4, 0.5) is 5.69 Å². The Morgan fingerprint density at radius 2 is 1.77 bits per heavy atom. The van der Waals surface area contributed by atoms with Crippen molar-refractivity contribution in [2.24, 2.45) is 0 Å². The van der Waals surface area contributed by atoms with E-state index in [1.54, 1.807) is 6.07 Å². The van der Waals surface area contributed by atoms with Gasteiger partial charge in [0, 0.05) is 21.8 Å². The molecule has 3 rings (SSSR count). The first-order valence-corrected chi connectivity index (χ1v) is 10.5. The number of quaternary nitrogens is 1. The quantitative estimate of drug-likeness (QED) is 0.562. The van der Waals surface area contributed by atoms with Gasteiger partial charge in [0.15, 0.2) is 6.04 Å². The van der Waals surface area contributed by atoms with E-state index in [0.717, 1.165) is 27.3 Å². The predicted molar refractivity (Wildman–Crippen MR) is 122 cm³/mol. The fraction of sp³-hybridized carbons (Fsp3) is 0.240. The van der Waals surface area contributed by atoms with Crippen LogP contribution in [-0.2, 0) is 11.3 Å². The summed E-state index contributed by atoms with van der Waals surface area (Å²) >= 11 is 6.23. The molecule has 0 bridgehead atoms. The maximum Gasteiger partial charge on any atom is 0.287 e. The zero-order chi connectivity index (χ0) is 21.5. The summed E-state index contributed by atoms with van der Waals surface area (Å²) in [6.07, 6.45) is 0. The van der Waals surface area contributed by atoms with Crippen LogP contribution in [0, 0.1) is 6.92 Å². The van der Waals surface area contributed by atoms with E-state index in [9.17, 15) is 4.79 Å². The molecule has 156 valence electrons. The number of aryl methyl sites for hydroxylation is 1. The summed E-state index contributed by atoms with van der Waals surface area (Å²) in [5.74, 6) is 0.789. The number of carbonyl (C=O) groups excluding carboxylic acids is 1. The first-order chi connectivity index (χ1) is 14.5. The highest BCUT2D eigenvalue weighted by Crippen LogP contribution is 2.21. The SMILES string of the molecule is CCOc1ccc(C[NH+](C)[C@@H](C(=O)Nc2ccc(C)c(Cl)c2)c2ccccc2)cc1. The van der Waals surface area contributed by atoms with Gasteiger partial charge in [0.25, 0.3) is 5.91 Å². The fourth-order valence-corrected chi connectivity index (χ4v) is 3.66. The topological polar surface area (TPSA) is 42.8 Å². The van der Waals surface area contributed by atoms with Crippen LogP contribution in [0.1, 0.15) is 29.7 Å². The number of hydrogen-bond acceptors (Lipinski definition) is 2. The smallest absolute Gasteiger partial charge is 0.287 e. The van der Waals surface area contributed by atoms with Crippen molar-refractivity contribution in [2.75, 3.05) is 19.0 Å². The third kappa shape index (κ3) is 5.62. The summed E-state index contributed by atoms with van der Waals surface area (Å²) in [6, 6.07) is 23.1. The van der Waals surface area contributed by atoms with Crippen molar-refractivity contribution >= 4 is 23.2 Å². The van der Waals surface area contributed by atoms with E-state index < -0.39 is 0 Å². The van der Waals surface area contributed by atoms with Crippen LogP contribution in [0.25, 0.3) is 0 Å². The van der Waals surface area contributed by atoms with Crippen molar-refractivity contribution in [1.82, 2.24) is 0 Å². The van der Waals surface area contributed by atoms with Crippen LogP contribution in [0.15, 0.2) is 72.8 Å². The molecule has 0 aromatic heterocycles. The minimum Gasteiger partial charge on any atom is -0.494 e. The average Bonchev–Trinajstić information content (AvgIpc) is 2.73. The van der Waals surface area contributed by atoms with E-state index in [0.29, 0.717) is 23.9 Å². The molecule has 0 spiro atoms. The van der Waals surface area contributed by atoms with Crippen LogP contribution in [-0.4, -0.2) is 19.6 Å². The van der Waals surface area contributed by atoms with Gasteiger partial charge < -0.3 is 15.0 Å². The summed E-state index contributed by atoms with van der Waals surface area (Å²) < 4.78 is 5.52. The lowest BCUT2D eigenvalue weighted by atomic mass is 10.0. The molecule has 30 heavy (non-hydrogen) atoms. The molecule has 2 atom stereocenters. The maximum absolute atomic E-state index is 13.3. The Hall–Kier alpha value is -2.82. The highest BCUT2D eigenvalue weighted by molar-refractivity contribution is 6.31. The largest absolute Gasteiger partial charge is 0.494 e. The number of halogens is 1. The monoisotopic (exact) mass is 423 g/mol. The molecule has 5 heteroatoms. The molecule has 0 radical (unpaired) electrons. The lowest BCUT2D eigenvalue weighted by molar-refractivity contribution is -0.915. The molecule has 4 nitrogen and oxygen atoms in total. The molecule has 3 aromatic rings. The second-order valence-electron chi connectivity index (χ2n) is 7.40. The third-order valence-corrected chi connectivity index (χ3v) is 5.45. The minimum absolute atomic E-state index is 0.0652. The molecule has 0 aliphatic carbocycles. The molecule has 0 aliphatic heterocycles. The van der Waals surface area contributed by atoms with Crippen molar-refractivity contribution in [2.45, 2.75) is 26.4 Å². The van der Waals surface area contributed by atoms with Gasteiger partial charge in [-0.05, 0) is 55.8 Å². The van der Waals surface area contributed by atoms with Crippen LogP contribution in [0.5, 0.6) is 5.75 Å². The summed E-state index contributed by atoms with van der Waals surface area (Å²) in [7, 11) is 2.04. The lowest BCUT2D eigenvalue weighted by Crippen LogP contribution is -3.09. The molecule has 1 unspecified atom stereocenters. The summed E-state index contributed by atoms with van der Waals surface area (Å²) in [5, 5.41) is 3.67. The van der Waals surface area contributed by atoms with E-state index in [4.69, 9.17) is 16.3 Å². The number of anilines is 1. The molecule has 3 aromatic carbocycles. The Kier molecular flexibility index (Phi) is 7.50. The average molecular weight is 424 g/mol. The van der Waals surface area contributed by atoms with E-state index in [-0.39, 0.29) is 11.9 Å². The number of likely N-dealkylation sites (N-methyl/N-ethyl adjacent to an activating group) is 1. The lowest BCUT2D eigenvalue weighted by Gasteiger charge is -2.25. The molecule has 0 aliphatic rings. The molecular formula is C25H28ClN2O2+. The van der Waals surface area contributed by atoms with E-state index in [1.165, 1.54) is 0 Å². The number of rotatable bonds is 8. The zero-order valence-corrected chi connectivity index (χ0v) is 18.4. The van der Waals surface area contributed by atoms with Crippen LogP contribution >= 0.6 is 11.6 Å². The van der Waals surface area contributed by atoms with Crippen LogP contribution < -0.4 is 15.0 Å². The standard InChI is InChI=1S/C25H27ClN2O2/c1-4-30-22-14-11-19(12-15-22)17-28(3)24(20-8-6-5-7-9-20)25(29)27-21-13-10-18(2)23(26)16-21/h5-16,24H,4,17H2,1-3H3,(H,27,29)/p+1/t24-/m1/s1. The molecule has 0 saturated carbocycles. The Morgan fingerprint density at radius 1 is 1.07 bits per heavy atom. The van der Waals surface area contributed by atoms with Crippen molar-refractivity contribution in [1.29, 1.82) is 0 Å². The van der Waals surface area contributed by atoms with E-state index in [1.807, 2.05) is 87.6 Å². The van der Waals surface area contributed by atoms with Crippen molar-refractivity contribution in [3.8, 4) is 5.75 Å². The number of carbonyl (C=O) groups is 1. The van der Waals surface area contributed by atoms with Crippen molar-refractivity contribution < 1.29 is 14.4 Å². The molecule has 1 amide bonds. The van der Waals surface area contributed by atoms with Gasteiger partial charge >= 0.3 is 0 Å². The van der Waals surface area contributed by atoms with Crippen molar-refractivity contribution in [3.63, 3.8) is 0 Å². The van der Waals surface area contributed by atoms with Crippen molar-refractivity contribution in [3.05, 3.63) is 94.5 Å². The zero-order valence-electron chi connectivity index (χ0n) is 17.6. The molecular weight excluding hydrogens is 396 g/mol. The number of benzene rings is 3. The van der Waals surface area contributed by atoms with Gasteiger partial charge in [-0.15, -0.1) is 0 Å². The fourth-order valence-electron chi connectivity index (χ4n) is 3.48. The Bertz CT molecular complexity index is 974. The van der Waals surface area contributed by atoms with Gasteiger partial charge in [-0.1, -0.05) is 48.0 Å². The molecule has 0 fully saturated rings. The predicted octanol–water partition coefficient (Wildman–Crippen LogP) is 4.44. The van der Waals surface area contributed by atoms with E-state index >= 15 is 0 Å². The number of amides is 1. The minimum atomic E-state index is -0.363. The summed E-state index contributed by atoms with van der Waals surface area (Å²) in [5.41, 5.74) is 3.79. The maximum atomic E-state index is 13.3. The Balaban J connectivity index is 1.81. The van der Waals surface area contributed by atoms with Gasteiger partial charge in [0.05, 0.1) is 13.7 Å². The second kappa shape index (κ2) is 10.3. The summed E-state index contributed by atoms with van der Waals surface area (Å²) in [4.78, 5) is 14.4. The molecule has 2 N–H and O–H groups in total. The van der Waals surface area contributed by atoms with Gasteiger partial charge in [-0.25, -0.2) is 0 Å². The summed E-state index contributed by atoms with van der Waals surface area (Å²) in [6.45, 7) is 5.25. The number of nitrogens with one attached hydrogen (secondary N) is 2. The first-order valence-electron chi connectivity index (χ1n) is 10.1. The van der Waals surface area contributed by atoms with E-state index in [2.05, 4.69) is 5.32 Å². The highest BCUT2D eigenvalue weighted by atomic mass is 35.5. The highest BCUT2D eigenvalue weighted by Gasteiger charge is 2.29. The van der Waals surface area contributed by atoms with Crippen LogP contribution in [0.3, 0.4) is 0 Å². The first kappa shape index (κ1) is 21.9. The molecule has 0 saturated heterocycles. The Morgan fingerprint density at radius 3 is 2.40 bits per heavy atom. The van der Waals surface area contributed by atoms with Gasteiger partial charge in [0.1, 0.15) is 12.3 Å². The van der Waals surface area contributed by atoms with Gasteiger partial charge in [-0.3, -0.25) is 4.79 Å². The third-order valence-electron chi connectivity index (χ3n) is 5.04. The Labute approximate surface area is 183 Å². The van der Waals surface area contributed by atoms with Crippen LogP contribution in [0.2, 0.25) is 5.02 Å². The number of hydrogen-bond donors (Lipinski definition) is 2.